The van der Waals surface area contributed by atoms with Crippen LogP contribution >= 0.6 is 0 Å². The number of benzene rings is 2. The van der Waals surface area contributed by atoms with Crippen molar-refractivity contribution in [3.05, 3.63) is 58.9 Å². The lowest BCUT2D eigenvalue weighted by Gasteiger charge is -2.32. The van der Waals surface area contributed by atoms with E-state index in [-0.39, 0.29) is 23.5 Å². The van der Waals surface area contributed by atoms with Gasteiger partial charge in [-0.05, 0) is 67.5 Å². The Morgan fingerprint density at radius 2 is 2.07 bits per heavy atom. The highest BCUT2D eigenvalue weighted by Gasteiger charge is 2.29. The second kappa shape index (κ2) is 7.14. The number of rotatable bonds is 3. The molecule has 2 aromatic rings. The van der Waals surface area contributed by atoms with Gasteiger partial charge in [0, 0.05) is 30.3 Å². The van der Waals surface area contributed by atoms with Crippen LogP contribution in [0.5, 0.6) is 0 Å². The van der Waals surface area contributed by atoms with Crippen molar-refractivity contribution in [1.82, 2.24) is 0 Å². The monoisotopic (exact) mass is 366 g/mol. The Labute approximate surface area is 158 Å². The number of nitrogens with zero attached hydrogens (tertiary/aromatic N) is 1. The van der Waals surface area contributed by atoms with Crippen LogP contribution in [0.25, 0.3) is 0 Å². The number of fused-ring (bicyclic) bond motifs is 2. The van der Waals surface area contributed by atoms with Crippen molar-refractivity contribution in [2.75, 3.05) is 16.8 Å². The Hall–Kier alpha value is -2.69. The zero-order valence-corrected chi connectivity index (χ0v) is 15.4. The van der Waals surface area contributed by atoms with Crippen LogP contribution in [-0.4, -0.2) is 18.4 Å². The molecule has 1 atom stereocenters. The molecule has 0 saturated carbocycles. The number of amides is 2. The highest BCUT2D eigenvalue weighted by molar-refractivity contribution is 5.98. The van der Waals surface area contributed by atoms with Crippen LogP contribution < -0.4 is 10.2 Å². The molecule has 0 saturated heterocycles. The molecule has 4 nitrogen and oxygen atoms in total. The van der Waals surface area contributed by atoms with E-state index in [1.54, 1.807) is 4.90 Å². The van der Waals surface area contributed by atoms with Gasteiger partial charge >= 0.3 is 0 Å². The minimum atomic E-state index is -0.252. The molecule has 0 radical (unpaired) electrons. The topological polar surface area (TPSA) is 49.4 Å². The normalized spacial score (nSPS) is 18.5. The number of halogens is 1. The lowest BCUT2D eigenvalue weighted by molar-refractivity contribution is -0.121. The quantitative estimate of drug-likeness (QED) is 0.892. The van der Waals surface area contributed by atoms with Crippen LogP contribution in [0, 0.1) is 18.7 Å². The van der Waals surface area contributed by atoms with Crippen molar-refractivity contribution < 1.29 is 14.0 Å². The summed E-state index contributed by atoms with van der Waals surface area (Å²) in [6, 6.07) is 10.8. The zero-order chi connectivity index (χ0) is 19.0. The van der Waals surface area contributed by atoms with E-state index < -0.39 is 0 Å². The second-order valence-electron chi connectivity index (χ2n) is 7.47. The summed E-state index contributed by atoms with van der Waals surface area (Å²) in [4.78, 5) is 27.0. The molecule has 2 heterocycles. The molecule has 0 fully saturated rings. The number of hydrogen-bond acceptors (Lipinski definition) is 2. The summed E-state index contributed by atoms with van der Waals surface area (Å²) in [5.74, 6) is -0.448. The summed E-state index contributed by atoms with van der Waals surface area (Å²) < 4.78 is 13.7. The molecule has 4 rings (SSSR count). The minimum absolute atomic E-state index is 0.0114. The average Bonchev–Trinajstić information content (AvgIpc) is 2.65. The molecule has 0 aliphatic carbocycles. The first kappa shape index (κ1) is 17.7. The molecule has 1 N–H and O–H groups in total. The summed E-state index contributed by atoms with van der Waals surface area (Å²) in [7, 11) is 0. The number of anilines is 2. The third kappa shape index (κ3) is 3.46. The van der Waals surface area contributed by atoms with E-state index in [1.165, 1.54) is 12.1 Å². The maximum atomic E-state index is 13.7. The fourth-order valence-electron chi connectivity index (χ4n) is 4.25. The molecule has 2 aliphatic heterocycles. The van der Waals surface area contributed by atoms with E-state index in [2.05, 4.69) is 5.32 Å². The molecule has 27 heavy (non-hydrogen) atoms. The summed E-state index contributed by atoms with van der Waals surface area (Å²) >= 11 is 0. The molecule has 140 valence electrons. The smallest absolute Gasteiger partial charge is 0.227 e. The third-order valence-electron chi connectivity index (χ3n) is 5.56. The van der Waals surface area contributed by atoms with Gasteiger partial charge in [0.2, 0.25) is 11.8 Å². The van der Waals surface area contributed by atoms with Crippen LogP contribution in [-0.2, 0) is 22.4 Å². The minimum Gasteiger partial charge on any atom is -0.326 e. The van der Waals surface area contributed by atoms with Gasteiger partial charge in [-0.15, -0.1) is 0 Å². The summed E-state index contributed by atoms with van der Waals surface area (Å²) in [6.07, 6.45) is 3.12. The van der Waals surface area contributed by atoms with Gasteiger partial charge in [0.05, 0.1) is 0 Å². The van der Waals surface area contributed by atoms with Crippen LogP contribution in [0.4, 0.5) is 15.8 Å². The number of carbonyl (C=O) groups excluding carboxylic acids is 2. The molecule has 0 aromatic heterocycles. The molecular formula is C22H23FN2O2. The SMILES string of the molecule is Cc1cc(F)cc2c1N(C(=O)CCC1Cc3ccccc3NC1=O)CCC2. The van der Waals surface area contributed by atoms with Crippen molar-refractivity contribution in [3.8, 4) is 0 Å². The molecule has 2 amide bonds. The zero-order valence-electron chi connectivity index (χ0n) is 15.4. The maximum absolute atomic E-state index is 13.7. The number of carbonyl (C=O) groups is 2. The number of para-hydroxylation sites is 1. The maximum Gasteiger partial charge on any atom is 0.227 e. The molecule has 1 unspecified atom stereocenters. The fraction of sp³-hybridized carbons (Fsp3) is 0.364. The largest absolute Gasteiger partial charge is 0.326 e. The number of hydrogen-bond donors (Lipinski definition) is 1. The van der Waals surface area contributed by atoms with Gasteiger partial charge in [-0.25, -0.2) is 4.39 Å². The van der Waals surface area contributed by atoms with E-state index in [1.807, 2.05) is 31.2 Å². The van der Waals surface area contributed by atoms with Crippen molar-refractivity contribution in [3.63, 3.8) is 0 Å². The molecular weight excluding hydrogens is 343 g/mol. The van der Waals surface area contributed by atoms with Crippen LogP contribution in [0.1, 0.15) is 36.0 Å². The Balaban J connectivity index is 1.46. The standard InChI is InChI=1S/C22H23FN2O2/c1-14-11-18(23)13-16-6-4-10-25(21(14)16)20(26)9-8-17-12-15-5-2-3-7-19(15)24-22(17)27/h2-3,5,7,11,13,17H,4,6,8-10,12H2,1H3,(H,24,27). The summed E-state index contributed by atoms with van der Waals surface area (Å²) in [6.45, 7) is 2.50. The highest BCUT2D eigenvalue weighted by Crippen LogP contribution is 2.33. The molecule has 2 aliphatic rings. The van der Waals surface area contributed by atoms with E-state index >= 15 is 0 Å². The number of aryl methyl sites for hydroxylation is 2. The van der Waals surface area contributed by atoms with Gasteiger partial charge in [0.25, 0.3) is 0 Å². The lowest BCUT2D eigenvalue weighted by atomic mass is 9.89. The van der Waals surface area contributed by atoms with Gasteiger partial charge in [0.15, 0.2) is 0 Å². The first-order valence-corrected chi connectivity index (χ1v) is 9.51. The Morgan fingerprint density at radius 1 is 1.26 bits per heavy atom. The van der Waals surface area contributed by atoms with E-state index in [9.17, 15) is 14.0 Å². The molecule has 5 heteroatoms. The Kier molecular flexibility index (Phi) is 4.68. The third-order valence-corrected chi connectivity index (χ3v) is 5.56. The molecule has 0 bridgehead atoms. The van der Waals surface area contributed by atoms with Gasteiger partial charge in [0.1, 0.15) is 5.82 Å². The van der Waals surface area contributed by atoms with Crippen LogP contribution in [0.15, 0.2) is 36.4 Å². The Morgan fingerprint density at radius 3 is 2.93 bits per heavy atom. The first-order chi connectivity index (χ1) is 13.0. The van der Waals surface area contributed by atoms with Crippen LogP contribution in [0.2, 0.25) is 0 Å². The van der Waals surface area contributed by atoms with Crippen molar-refractivity contribution in [2.24, 2.45) is 5.92 Å². The predicted octanol–water partition coefficient (Wildman–Crippen LogP) is 4.00. The molecule has 0 spiro atoms. The van der Waals surface area contributed by atoms with Crippen molar-refractivity contribution in [1.29, 1.82) is 0 Å². The van der Waals surface area contributed by atoms with E-state index in [0.717, 1.165) is 40.9 Å². The van der Waals surface area contributed by atoms with Gasteiger partial charge in [-0.1, -0.05) is 18.2 Å². The van der Waals surface area contributed by atoms with E-state index in [4.69, 9.17) is 0 Å². The van der Waals surface area contributed by atoms with Crippen molar-refractivity contribution in [2.45, 2.75) is 39.0 Å². The number of nitrogens with one attached hydrogen (secondary N) is 1. The second-order valence-corrected chi connectivity index (χ2v) is 7.47. The fourth-order valence-corrected chi connectivity index (χ4v) is 4.25. The van der Waals surface area contributed by atoms with Gasteiger partial charge < -0.3 is 10.2 Å². The summed E-state index contributed by atoms with van der Waals surface area (Å²) in [5, 5.41) is 2.94. The lowest BCUT2D eigenvalue weighted by Crippen LogP contribution is -2.37. The highest BCUT2D eigenvalue weighted by atomic mass is 19.1. The van der Waals surface area contributed by atoms with Crippen molar-refractivity contribution >= 4 is 23.2 Å². The Bertz CT molecular complexity index is 909. The van der Waals surface area contributed by atoms with Gasteiger partial charge in [-0.3, -0.25) is 9.59 Å². The average molecular weight is 366 g/mol. The van der Waals surface area contributed by atoms with Crippen LogP contribution in [0.3, 0.4) is 0 Å². The summed E-state index contributed by atoms with van der Waals surface area (Å²) in [5.41, 5.74) is 4.53. The van der Waals surface area contributed by atoms with E-state index in [0.29, 0.717) is 25.8 Å². The molecule has 2 aromatic carbocycles. The predicted molar refractivity (Wildman–Crippen MR) is 103 cm³/mol. The first-order valence-electron chi connectivity index (χ1n) is 9.51. The van der Waals surface area contributed by atoms with Gasteiger partial charge in [-0.2, -0.15) is 0 Å².